The molecule has 0 bridgehead atoms. The minimum absolute atomic E-state index is 0.0121. The second kappa shape index (κ2) is 8.71. The maximum absolute atomic E-state index is 14.9. The van der Waals surface area contributed by atoms with Crippen LogP contribution in [0.2, 0.25) is 0 Å². The Kier molecular flexibility index (Phi) is 5.77. The van der Waals surface area contributed by atoms with E-state index in [-0.39, 0.29) is 46.0 Å². The molecule has 0 aliphatic carbocycles. The fourth-order valence-corrected chi connectivity index (χ4v) is 4.18. The number of nitrogens with two attached hydrogens (primary N) is 1. The Balaban J connectivity index is 2.07. The Hall–Kier alpha value is -4.65. The van der Waals surface area contributed by atoms with Crippen LogP contribution in [0.5, 0.6) is 0 Å². The van der Waals surface area contributed by atoms with Gasteiger partial charge in [-0.25, -0.2) is 14.0 Å². The highest BCUT2D eigenvalue weighted by Crippen LogP contribution is 2.43. The van der Waals surface area contributed by atoms with Crippen LogP contribution in [0, 0.1) is 17.1 Å². The number of rotatable bonds is 4. The van der Waals surface area contributed by atoms with Gasteiger partial charge < -0.3 is 20.5 Å². The number of nitrogens with zero attached hydrogens (tertiary/aromatic N) is 2. The molecule has 2 heterocycles. The Labute approximate surface area is 193 Å². The number of ether oxygens (including phenoxy) is 2. The number of hydrogen-bond acceptors (Lipinski definition) is 8. The Morgan fingerprint density at radius 2 is 1.85 bits per heavy atom. The highest BCUT2D eigenvalue weighted by molar-refractivity contribution is 6.07. The minimum atomic E-state index is -1.05. The van der Waals surface area contributed by atoms with E-state index in [1.54, 1.807) is 30.3 Å². The number of carbonyl (C=O) groups is 3. The first-order valence-electron chi connectivity index (χ1n) is 10.1. The lowest BCUT2D eigenvalue weighted by atomic mass is 9.81. The van der Waals surface area contributed by atoms with Crippen LogP contribution in [-0.2, 0) is 25.6 Å². The predicted octanol–water partition coefficient (Wildman–Crippen LogP) is 1.97. The highest BCUT2D eigenvalue weighted by atomic mass is 19.1. The number of anilines is 1. The third-order valence-corrected chi connectivity index (χ3v) is 5.72. The second-order valence-corrected chi connectivity index (χ2v) is 7.47. The van der Waals surface area contributed by atoms with Crippen LogP contribution in [0.3, 0.4) is 0 Å². The number of methoxy groups -OCH3 is 2. The van der Waals surface area contributed by atoms with Crippen LogP contribution in [-0.4, -0.2) is 32.1 Å². The minimum Gasteiger partial charge on any atom is -0.466 e. The average molecular weight is 462 g/mol. The third kappa shape index (κ3) is 3.44. The molecular formula is C24H19FN4O5. The number of carbonyl (C=O) groups excluding carboxylic acids is 3. The highest BCUT2D eigenvalue weighted by Gasteiger charge is 2.43. The van der Waals surface area contributed by atoms with Crippen molar-refractivity contribution in [1.82, 2.24) is 5.32 Å². The number of fused-ring (bicyclic) bond motifs is 1. The number of allylic oxidation sites excluding steroid dienone is 1. The quantitative estimate of drug-likeness (QED) is 0.659. The molecule has 1 amide bonds. The summed E-state index contributed by atoms with van der Waals surface area (Å²) in [7, 11) is 2.24. The van der Waals surface area contributed by atoms with E-state index in [1.165, 1.54) is 6.07 Å². The number of amides is 1. The van der Waals surface area contributed by atoms with Gasteiger partial charge in [0.05, 0.1) is 43.0 Å². The van der Waals surface area contributed by atoms with Gasteiger partial charge in [-0.15, -0.1) is 0 Å². The standard InChI is InChI=1S/C24H19FN4O5/c1-33-23(31)19-18(12-6-4-3-5-7-12)15(10-26)21(27)29(20(19)24(32)34-2)13-8-14-16(17(25)9-13)11-28-22(14)30/h3-9,18H,11,27H2,1-2H3,(H,28,30). The van der Waals surface area contributed by atoms with E-state index in [4.69, 9.17) is 15.2 Å². The van der Waals surface area contributed by atoms with E-state index in [0.717, 1.165) is 25.2 Å². The molecule has 1 unspecified atom stereocenters. The van der Waals surface area contributed by atoms with Crippen molar-refractivity contribution >= 4 is 23.5 Å². The first kappa shape index (κ1) is 22.5. The van der Waals surface area contributed by atoms with Crippen LogP contribution in [0.25, 0.3) is 0 Å². The monoisotopic (exact) mass is 462 g/mol. The normalized spacial score (nSPS) is 17.2. The first-order chi connectivity index (χ1) is 16.3. The first-order valence-corrected chi connectivity index (χ1v) is 10.1. The van der Waals surface area contributed by atoms with Crippen molar-refractivity contribution in [3.63, 3.8) is 0 Å². The average Bonchev–Trinajstić information content (AvgIpc) is 3.23. The van der Waals surface area contributed by atoms with E-state index in [9.17, 15) is 24.0 Å². The van der Waals surface area contributed by atoms with E-state index in [2.05, 4.69) is 5.32 Å². The van der Waals surface area contributed by atoms with Crippen molar-refractivity contribution in [2.75, 3.05) is 19.1 Å². The number of benzene rings is 2. The van der Waals surface area contributed by atoms with E-state index < -0.39 is 29.6 Å². The Bertz CT molecular complexity index is 1330. The zero-order valence-electron chi connectivity index (χ0n) is 18.2. The van der Waals surface area contributed by atoms with Gasteiger partial charge in [-0.3, -0.25) is 9.69 Å². The number of nitriles is 1. The van der Waals surface area contributed by atoms with Gasteiger partial charge in [0.2, 0.25) is 0 Å². The van der Waals surface area contributed by atoms with Gasteiger partial charge >= 0.3 is 11.9 Å². The van der Waals surface area contributed by atoms with Crippen LogP contribution >= 0.6 is 0 Å². The zero-order chi connectivity index (χ0) is 24.6. The van der Waals surface area contributed by atoms with Crippen molar-refractivity contribution in [3.8, 4) is 6.07 Å². The predicted molar refractivity (Wildman–Crippen MR) is 117 cm³/mol. The maximum Gasteiger partial charge on any atom is 0.355 e. The Morgan fingerprint density at radius 3 is 2.47 bits per heavy atom. The molecule has 3 N–H and O–H groups in total. The van der Waals surface area contributed by atoms with Crippen LogP contribution in [0.4, 0.5) is 10.1 Å². The molecule has 2 aliphatic heterocycles. The fourth-order valence-electron chi connectivity index (χ4n) is 4.18. The van der Waals surface area contributed by atoms with Gasteiger partial charge in [0, 0.05) is 17.7 Å². The van der Waals surface area contributed by atoms with Gasteiger partial charge in [-0.1, -0.05) is 30.3 Å². The van der Waals surface area contributed by atoms with Crippen molar-refractivity contribution in [1.29, 1.82) is 5.26 Å². The summed E-state index contributed by atoms with van der Waals surface area (Å²) in [5.74, 6) is -4.36. The van der Waals surface area contributed by atoms with Crippen LogP contribution < -0.4 is 16.0 Å². The lowest BCUT2D eigenvalue weighted by Crippen LogP contribution is -2.40. The van der Waals surface area contributed by atoms with Gasteiger partial charge in [-0.2, -0.15) is 5.26 Å². The summed E-state index contributed by atoms with van der Waals surface area (Å²) in [4.78, 5) is 39.3. The molecule has 2 aromatic carbocycles. The van der Waals surface area contributed by atoms with Crippen LogP contribution in [0.15, 0.2) is 65.1 Å². The molecule has 4 rings (SSSR count). The fraction of sp³-hybridized carbons (Fsp3) is 0.167. The third-order valence-electron chi connectivity index (χ3n) is 5.72. The smallest absolute Gasteiger partial charge is 0.355 e. The largest absolute Gasteiger partial charge is 0.466 e. The molecule has 1 atom stereocenters. The Morgan fingerprint density at radius 1 is 1.18 bits per heavy atom. The summed E-state index contributed by atoms with van der Waals surface area (Å²) < 4.78 is 24.8. The van der Waals surface area contributed by atoms with Gasteiger partial charge in [0.1, 0.15) is 17.3 Å². The van der Waals surface area contributed by atoms with Crippen molar-refractivity contribution in [3.05, 3.63) is 87.6 Å². The summed E-state index contributed by atoms with van der Waals surface area (Å²) in [5, 5.41) is 12.5. The molecule has 0 aromatic heterocycles. The molecule has 0 radical (unpaired) electrons. The number of halogens is 1. The molecule has 172 valence electrons. The number of esters is 2. The number of nitrogens with one attached hydrogen (secondary N) is 1. The molecule has 34 heavy (non-hydrogen) atoms. The molecular weight excluding hydrogens is 443 g/mol. The summed E-state index contributed by atoms with van der Waals surface area (Å²) in [5.41, 5.74) is 6.43. The van der Waals surface area contributed by atoms with Gasteiger partial charge in [0.25, 0.3) is 5.91 Å². The lowest BCUT2D eigenvalue weighted by Gasteiger charge is -2.36. The molecule has 2 aliphatic rings. The van der Waals surface area contributed by atoms with Crippen molar-refractivity contribution in [2.45, 2.75) is 12.5 Å². The zero-order valence-corrected chi connectivity index (χ0v) is 18.2. The summed E-state index contributed by atoms with van der Waals surface area (Å²) in [6.07, 6.45) is 0. The second-order valence-electron chi connectivity index (χ2n) is 7.47. The summed E-state index contributed by atoms with van der Waals surface area (Å²) in [6.45, 7) is 0.0121. The molecule has 9 nitrogen and oxygen atoms in total. The SMILES string of the molecule is COC(=O)C1=C(C(=O)OC)N(c2cc(F)c3c(c2)C(=O)NC3)C(N)=C(C#N)C1c1ccccc1. The topological polar surface area (TPSA) is 135 Å². The molecule has 0 saturated carbocycles. The molecule has 2 aromatic rings. The van der Waals surface area contributed by atoms with Crippen LogP contribution in [0.1, 0.15) is 27.4 Å². The molecule has 0 spiro atoms. The summed E-state index contributed by atoms with van der Waals surface area (Å²) in [6, 6.07) is 12.9. The summed E-state index contributed by atoms with van der Waals surface area (Å²) >= 11 is 0. The number of hydrogen-bond donors (Lipinski definition) is 2. The molecule has 10 heteroatoms. The van der Waals surface area contributed by atoms with Crippen molar-refractivity contribution in [2.24, 2.45) is 5.73 Å². The van der Waals surface area contributed by atoms with Crippen molar-refractivity contribution < 1.29 is 28.2 Å². The van der Waals surface area contributed by atoms with E-state index in [0.29, 0.717) is 5.56 Å². The van der Waals surface area contributed by atoms with E-state index >= 15 is 0 Å². The van der Waals surface area contributed by atoms with Gasteiger partial charge in [-0.05, 0) is 17.7 Å². The van der Waals surface area contributed by atoms with E-state index in [1.807, 2.05) is 6.07 Å². The maximum atomic E-state index is 14.9. The lowest BCUT2D eigenvalue weighted by molar-refractivity contribution is -0.139. The molecule has 0 saturated heterocycles. The van der Waals surface area contributed by atoms with Gasteiger partial charge in [0.15, 0.2) is 0 Å². The molecule has 0 fully saturated rings.